The molecule has 0 aliphatic heterocycles. The van der Waals surface area contributed by atoms with E-state index in [-0.39, 0.29) is 0 Å². The number of hydrogen-bond donors (Lipinski definition) is 0. The van der Waals surface area contributed by atoms with Crippen LogP contribution in [0.4, 0.5) is 13.2 Å². The van der Waals surface area contributed by atoms with Crippen LogP contribution in [0.2, 0.25) is 0 Å². The van der Waals surface area contributed by atoms with Gasteiger partial charge in [0.25, 0.3) is 0 Å². The topological polar surface area (TPSA) is 0 Å². The Kier molecular flexibility index (Phi) is 6.02. The molecule has 44 heavy (non-hydrogen) atoms. The van der Waals surface area contributed by atoms with Gasteiger partial charge in [-0.2, -0.15) is 13.2 Å². The highest BCUT2D eigenvalue weighted by Gasteiger charge is 2.31. The molecule has 0 aromatic heterocycles. The van der Waals surface area contributed by atoms with Crippen LogP contribution in [-0.2, 0) is 6.18 Å². The predicted octanol–water partition coefficient (Wildman–Crippen LogP) is 12.3. The van der Waals surface area contributed by atoms with Gasteiger partial charge in [0.1, 0.15) is 0 Å². The largest absolute Gasteiger partial charge is 0.416 e. The summed E-state index contributed by atoms with van der Waals surface area (Å²) in [5.41, 5.74) is 5.17. The molecule has 0 aliphatic carbocycles. The standard InChI is InChI=1S/C41H25F3/c42-41(43,44)32-22-23-37-38(25-32)40(31-21-16-26-8-1-2-10-30(26)24-31)36-14-6-5-13-35(36)39(37)29-19-17-28(18-20-29)34-15-7-11-27-9-3-4-12-33(27)34/h1-25H. The molecule has 210 valence electrons. The molecule has 0 unspecified atom stereocenters. The van der Waals surface area contributed by atoms with E-state index in [0.717, 1.165) is 60.3 Å². The molecule has 0 atom stereocenters. The smallest absolute Gasteiger partial charge is 0.166 e. The second-order valence-corrected chi connectivity index (χ2v) is 11.2. The number of rotatable bonds is 3. The quantitative estimate of drug-likeness (QED) is 0.184. The summed E-state index contributed by atoms with van der Waals surface area (Å²) in [6.45, 7) is 0. The number of hydrogen-bond acceptors (Lipinski definition) is 0. The molecule has 0 saturated heterocycles. The van der Waals surface area contributed by atoms with E-state index in [1.807, 2.05) is 66.7 Å². The van der Waals surface area contributed by atoms with E-state index in [2.05, 4.69) is 66.7 Å². The number of halogens is 3. The summed E-state index contributed by atoms with van der Waals surface area (Å²) in [6.07, 6.45) is -4.46. The van der Waals surface area contributed by atoms with E-state index in [0.29, 0.717) is 5.39 Å². The van der Waals surface area contributed by atoms with Crippen LogP contribution in [0.25, 0.3) is 76.5 Å². The Morgan fingerprint density at radius 2 is 0.886 bits per heavy atom. The molecule has 0 heterocycles. The van der Waals surface area contributed by atoms with Gasteiger partial charge < -0.3 is 0 Å². The minimum Gasteiger partial charge on any atom is -0.166 e. The van der Waals surface area contributed by atoms with E-state index >= 15 is 0 Å². The van der Waals surface area contributed by atoms with Crippen LogP contribution >= 0.6 is 0 Å². The van der Waals surface area contributed by atoms with Gasteiger partial charge in [-0.25, -0.2) is 0 Å². The van der Waals surface area contributed by atoms with Gasteiger partial charge in [0, 0.05) is 0 Å². The molecule has 0 saturated carbocycles. The zero-order chi connectivity index (χ0) is 29.8. The minimum atomic E-state index is -4.46. The van der Waals surface area contributed by atoms with Crippen LogP contribution in [0.5, 0.6) is 0 Å². The Hall–Kier alpha value is -5.41. The van der Waals surface area contributed by atoms with Crippen molar-refractivity contribution in [1.29, 1.82) is 0 Å². The van der Waals surface area contributed by atoms with Gasteiger partial charge in [0.05, 0.1) is 5.56 Å². The van der Waals surface area contributed by atoms with E-state index in [9.17, 15) is 13.2 Å². The summed E-state index contributed by atoms with van der Waals surface area (Å²) in [5, 5.41) is 7.78. The molecule has 0 nitrogen and oxygen atoms in total. The lowest BCUT2D eigenvalue weighted by atomic mass is 9.84. The molecule has 8 rings (SSSR count). The fourth-order valence-electron chi connectivity index (χ4n) is 6.62. The first-order valence-corrected chi connectivity index (χ1v) is 14.6. The van der Waals surface area contributed by atoms with Gasteiger partial charge in [-0.3, -0.25) is 0 Å². The first-order chi connectivity index (χ1) is 21.5. The Bertz CT molecular complexity index is 2360. The summed E-state index contributed by atoms with van der Waals surface area (Å²) in [7, 11) is 0. The Morgan fingerprint density at radius 3 is 1.61 bits per heavy atom. The zero-order valence-electron chi connectivity index (χ0n) is 23.6. The van der Waals surface area contributed by atoms with Crippen molar-refractivity contribution >= 4 is 43.1 Å². The van der Waals surface area contributed by atoms with Crippen molar-refractivity contribution in [3.05, 3.63) is 157 Å². The molecule has 0 radical (unpaired) electrons. The highest BCUT2D eigenvalue weighted by molar-refractivity contribution is 6.22. The predicted molar refractivity (Wildman–Crippen MR) is 178 cm³/mol. The van der Waals surface area contributed by atoms with Crippen LogP contribution in [0.3, 0.4) is 0 Å². The SMILES string of the molecule is FC(F)(F)c1ccc2c(-c3ccc(-c4cccc5ccccc45)cc3)c3ccccc3c(-c3ccc4ccccc4c3)c2c1. The van der Waals surface area contributed by atoms with Crippen molar-refractivity contribution in [2.24, 2.45) is 0 Å². The van der Waals surface area contributed by atoms with Crippen LogP contribution in [0.15, 0.2) is 152 Å². The normalized spacial score (nSPS) is 12.0. The van der Waals surface area contributed by atoms with Crippen LogP contribution in [-0.4, -0.2) is 0 Å². The minimum absolute atomic E-state index is 0.585. The maximum Gasteiger partial charge on any atom is 0.416 e. The summed E-state index contributed by atoms with van der Waals surface area (Å²) in [4.78, 5) is 0. The van der Waals surface area contributed by atoms with Crippen LogP contribution < -0.4 is 0 Å². The molecule has 8 aromatic carbocycles. The van der Waals surface area contributed by atoms with E-state index < -0.39 is 11.7 Å². The molecule has 0 bridgehead atoms. The third-order valence-corrected chi connectivity index (χ3v) is 8.66. The van der Waals surface area contributed by atoms with Crippen LogP contribution in [0.1, 0.15) is 5.56 Å². The van der Waals surface area contributed by atoms with Gasteiger partial charge in [-0.1, -0.05) is 133 Å². The lowest BCUT2D eigenvalue weighted by Crippen LogP contribution is -2.04. The van der Waals surface area contributed by atoms with Crippen molar-refractivity contribution < 1.29 is 13.2 Å². The molecule has 3 heteroatoms. The summed E-state index contributed by atoms with van der Waals surface area (Å²) in [5.74, 6) is 0. The average Bonchev–Trinajstić information content (AvgIpc) is 3.06. The first kappa shape index (κ1) is 26.2. The fourth-order valence-corrected chi connectivity index (χ4v) is 6.62. The second kappa shape index (κ2) is 10.1. The fraction of sp³-hybridized carbons (Fsp3) is 0.0244. The Morgan fingerprint density at radius 1 is 0.341 bits per heavy atom. The van der Waals surface area contributed by atoms with Gasteiger partial charge in [0.15, 0.2) is 0 Å². The van der Waals surface area contributed by atoms with Gasteiger partial charge in [0.2, 0.25) is 0 Å². The van der Waals surface area contributed by atoms with E-state index in [1.54, 1.807) is 6.07 Å². The summed E-state index contributed by atoms with van der Waals surface area (Å²) in [6, 6.07) is 49.4. The van der Waals surface area contributed by atoms with E-state index in [1.165, 1.54) is 22.9 Å². The Balaban J connectivity index is 1.40. The molecule has 8 aromatic rings. The van der Waals surface area contributed by atoms with E-state index in [4.69, 9.17) is 0 Å². The monoisotopic (exact) mass is 574 g/mol. The van der Waals surface area contributed by atoms with Gasteiger partial charge in [-0.15, -0.1) is 0 Å². The average molecular weight is 575 g/mol. The lowest BCUT2D eigenvalue weighted by Gasteiger charge is -2.19. The zero-order valence-corrected chi connectivity index (χ0v) is 23.6. The van der Waals surface area contributed by atoms with Crippen molar-refractivity contribution in [1.82, 2.24) is 0 Å². The molecule has 0 fully saturated rings. The number of benzene rings is 8. The van der Waals surface area contributed by atoms with Crippen molar-refractivity contribution in [3.8, 4) is 33.4 Å². The lowest BCUT2D eigenvalue weighted by molar-refractivity contribution is -0.137. The molecular weight excluding hydrogens is 549 g/mol. The maximum absolute atomic E-state index is 14.1. The summed E-state index contributed by atoms with van der Waals surface area (Å²) >= 11 is 0. The second-order valence-electron chi connectivity index (χ2n) is 11.2. The number of alkyl halides is 3. The Labute approximate surface area is 252 Å². The maximum atomic E-state index is 14.1. The van der Waals surface area contributed by atoms with Crippen molar-refractivity contribution in [2.45, 2.75) is 6.18 Å². The molecule has 0 amide bonds. The third-order valence-electron chi connectivity index (χ3n) is 8.66. The third kappa shape index (κ3) is 4.32. The molecule has 0 aliphatic rings. The summed E-state index contributed by atoms with van der Waals surface area (Å²) < 4.78 is 42.3. The molecular formula is C41H25F3. The van der Waals surface area contributed by atoms with Gasteiger partial charge >= 0.3 is 6.18 Å². The highest BCUT2D eigenvalue weighted by atomic mass is 19.4. The number of fused-ring (bicyclic) bond motifs is 4. The molecule has 0 spiro atoms. The molecule has 0 N–H and O–H groups in total. The first-order valence-electron chi connectivity index (χ1n) is 14.6. The highest BCUT2D eigenvalue weighted by Crippen LogP contribution is 2.46. The van der Waals surface area contributed by atoms with Gasteiger partial charge in [-0.05, 0) is 94.7 Å². The van der Waals surface area contributed by atoms with Crippen molar-refractivity contribution in [2.75, 3.05) is 0 Å². The van der Waals surface area contributed by atoms with Crippen LogP contribution in [0, 0.1) is 0 Å². The van der Waals surface area contributed by atoms with Crippen molar-refractivity contribution in [3.63, 3.8) is 0 Å².